The number of carbonyl (C=O) groups is 5. The summed E-state index contributed by atoms with van der Waals surface area (Å²) in [6.07, 6.45) is 10.3. The van der Waals surface area contributed by atoms with E-state index in [0.717, 1.165) is 87.8 Å². The zero-order valence-corrected chi connectivity index (χ0v) is 37.9. The number of carbonyl (C=O) groups excluding carboxylic acids is 5. The van der Waals surface area contributed by atoms with Crippen LogP contribution in [0.25, 0.3) is 5.52 Å². The topological polar surface area (TPSA) is 185 Å². The Kier molecular flexibility index (Phi) is 14.3. The Hall–Kier alpha value is -6.11. The molecule has 1 atom stereocenters. The lowest BCUT2D eigenvalue weighted by atomic mass is 9.88. The van der Waals surface area contributed by atoms with E-state index in [0.29, 0.717) is 72.9 Å². The van der Waals surface area contributed by atoms with Gasteiger partial charge in [0.1, 0.15) is 17.9 Å². The van der Waals surface area contributed by atoms with Gasteiger partial charge in [0.25, 0.3) is 11.8 Å². The van der Waals surface area contributed by atoms with Crippen molar-refractivity contribution < 1.29 is 28.7 Å². The second-order valence-electron chi connectivity index (χ2n) is 18.3. The number of nitrogens with zero attached hydrogens (tertiary/aromatic N) is 6. The number of imide groups is 1. The fourth-order valence-electron chi connectivity index (χ4n) is 9.95. The molecule has 0 radical (unpaired) electrons. The average Bonchev–Trinajstić information content (AvgIpc) is 3.82. The van der Waals surface area contributed by atoms with Gasteiger partial charge in [0, 0.05) is 56.8 Å². The minimum absolute atomic E-state index is 0.00487. The molecule has 15 nitrogen and oxygen atoms in total. The third-order valence-electron chi connectivity index (χ3n) is 13.6. The number of ether oxygens (including phenoxy) is 1. The summed E-state index contributed by atoms with van der Waals surface area (Å²) in [5.74, 6) is 6.62. The van der Waals surface area contributed by atoms with Gasteiger partial charge in [0.15, 0.2) is 5.82 Å². The Balaban J connectivity index is 0.765. The van der Waals surface area contributed by atoms with Crippen LogP contribution in [0.2, 0.25) is 0 Å². The van der Waals surface area contributed by atoms with Crippen LogP contribution in [0.15, 0.2) is 48.8 Å². The van der Waals surface area contributed by atoms with E-state index in [1.807, 2.05) is 55.1 Å². The number of rotatable bonds is 14. The molecule has 0 spiro atoms. The van der Waals surface area contributed by atoms with Crippen LogP contribution in [-0.2, 0) is 32.3 Å². The van der Waals surface area contributed by atoms with Gasteiger partial charge >= 0.3 is 0 Å². The fraction of sp³-hybridized carbons (Fsp3) is 0.500. The zero-order valence-electron chi connectivity index (χ0n) is 37.9. The van der Waals surface area contributed by atoms with E-state index < -0.39 is 6.04 Å². The third-order valence-corrected chi connectivity index (χ3v) is 13.6. The first-order valence-electron chi connectivity index (χ1n) is 23.3. The molecule has 3 fully saturated rings. The maximum absolute atomic E-state index is 14.0. The molecule has 4 aromatic rings. The Labute approximate surface area is 380 Å². The lowest BCUT2D eigenvalue weighted by Gasteiger charge is -2.32. The molecule has 0 aliphatic carbocycles. The number of hydrogen-bond acceptors (Lipinski definition) is 10. The second kappa shape index (κ2) is 20.4. The quantitative estimate of drug-likeness (QED) is 0.0770. The highest BCUT2D eigenvalue weighted by Gasteiger charge is 2.39. The van der Waals surface area contributed by atoms with Crippen LogP contribution < -0.4 is 16.4 Å². The Morgan fingerprint density at radius 1 is 0.954 bits per heavy atom. The van der Waals surface area contributed by atoms with Crippen molar-refractivity contribution in [1.29, 1.82) is 0 Å². The highest BCUT2D eigenvalue weighted by atomic mass is 16.5. The molecule has 6 heterocycles. The molecule has 1 unspecified atom stereocenters. The molecule has 8 rings (SSSR count). The van der Waals surface area contributed by atoms with Crippen molar-refractivity contribution in [2.45, 2.75) is 116 Å². The number of hydrogen-bond donors (Lipinski definition) is 3. The zero-order chi connectivity index (χ0) is 45.6. The van der Waals surface area contributed by atoms with Crippen molar-refractivity contribution >= 4 is 46.6 Å². The first-order valence-corrected chi connectivity index (χ1v) is 23.3. The number of amides is 5. The molecule has 342 valence electrons. The number of nitrogens with two attached hydrogens (primary N) is 1. The van der Waals surface area contributed by atoms with Crippen molar-refractivity contribution in [3.63, 3.8) is 0 Å². The second-order valence-corrected chi connectivity index (χ2v) is 18.3. The predicted octanol–water partition coefficient (Wildman–Crippen LogP) is 6.01. The minimum Gasteiger partial charge on any atom is -0.382 e. The van der Waals surface area contributed by atoms with Gasteiger partial charge in [-0.15, -0.1) is 0 Å². The van der Waals surface area contributed by atoms with Gasteiger partial charge in [0.2, 0.25) is 17.7 Å². The van der Waals surface area contributed by atoms with Crippen LogP contribution >= 0.6 is 0 Å². The van der Waals surface area contributed by atoms with Gasteiger partial charge in [-0.05, 0) is 111 Å². The molecule has 4 aliphatic rings. The van der Waals surface area contributed by atoms with Crippen LogP contribution in [0.3, 0.4) is 0 Å². The van der Waals surface area contributed by atoms with E-state index in [1.54, 1.807) is 16.5 Å². The molecule has 5 amide bonds. The van der Waals surface area contributed by atoms with E-state index in [9.17, 15) is 24.0 Å². The standard InChI is InChI=1S/C50H61N9O6/c1-32(2)45-39(44(46-47(51)52-31-53-59(45)46)49(63)54-38-14-9-34(10-15-38)30-65-3)16-11-33-19-26-57(27-20-33)43(61)8-6-4-5-7-23-56-24-21-35(22-25-56)36-12-13-37-29-58(50(64)40(37)28-36)41-17-18-42(60)55-48(41)62/h9-10,12-15,28,31-33,35,41H,4-8,17-27,29-30H2,1-3H3,(H,54,63)(H2,51,52,53)(H,55,60,62). The van der Waals surface area contributed by atoms with E-state index in [4.69, 9.17) is 10.5 Å². The van der Waals surface area contributed by atoms with Gasteiger partial charge in [-0.2, -0.15) is 5.10 Å². The van der Waals surface area contributed by atoms with Crippen molar-refractivity contribution in [3.05, 3.63) is 87.9 Å². The molecule has 2 aromatic heterocycles. The molecule has 2 aromatic carbocycles. The number of aromatic nitrogens is 3. The number of nitrogens with one attached hydrogen (secondary N) is 2. The van der Waals surface area contributed by atoms with E-state index in [-0.39, 0.29) is 53.6 Å². The molecule has 3 saturated heterocycles. The summed E-state index contributed by atoms with van der Waals surface area (Å²) in [6, 6.07) is 13.1. The molecule has 4 aliphatic heterocycles. The van der Waals surface area contributed by atoms with E-state index in [1.165, 1.54) is 11.9 Å². The lowest BCUT2D eigenvalue weighted by molar-refractivity contribution is -0.137. The maximum Gasteiger partial charge on any atom is 0.259 e. The number of unbranched alkanes of at least 4 members (excludes halogenated alkanes) is 3. The van der Waals surface area contributed by atoms with Gasteiger partial charge in [0.05, 0.1) is 23.4 Å². The van der Waals surface area contributed by atoms with Crippen LogP contribution in [-0.4, -0.2) is 105 Å². The Bertz CT molecular complexity index is 2490. The first-order chi connectivity index (χ1) is 31.5. The maximum atomic E-state index is 14.0. The molecule has 0 bridgehead atoms. The molecule has 15 heteroatoms. The summed E-state index contributed by atoms with van der Waals surface area (Å²) in [4.78, 5) is 75.0. The average molecular weight is 884 g/mol. The normalized spacial score (nSPS) is 18.5. The number of anilines is 2. The summed E-state index contributed by atoms with van der Waals surface area (Å²) in [6.45, 7) is 9.38. The van der Waals surface area contributed by atoms with Crippen LogP contribution in [0, 0.1) is 17.8 Å². The number of nitrogen functional groups attached to an aromatic ring is 1. The summed E-state index contributed by atoms with van der Waals surface area (Å²) < 4.78 is 6.92. The van der Waals surface area contributed by atoms with Crippen molar-refractivity contribution in [3.8, 4) is 11.8 Å². The first kappa shape index (κ1) is 45.5. The van der Waals surface area contributed by atoms with Crippen LogP contribution in [0.1, 0.15) is 145 Å². The molecular weight excluding hydrogens is 823 g/mol. The smallest absolute Gasteiger partial charge is 0.259 e. The molecule has 4 N–H and O–H groups in total. The van der Waals surface area contributed by atoms with Crippen molar-refractivity contribution in [1.82, 2.24) is 34.6 Å². The van der Waals surface area contributed by atoms with E-state index >= 15 is 0 Å². The lowest BCUT2D eigenvalue weighted by Crippen LogP contribution is -2.52. The summed E-state index contributed by atoms with van der Waals surface area (Å²) >= 11 is 0. The fourth-order valence-corrected chi connectivity index (χ4v) is 9.95. The molecule has 0 saturated carbocycles. The highest BCUT2D eigenvalue weighted by molar-refractivity contribution is 6.13. The summed E-state index contributed by atoms with van der Waals surface area (Å²) in [7, 11) is 1.64. The number of methoxy groups -OCH3 is 1. The van der Waals surface area contributed by atoms with E-state index in [2.05, 4.69) is 43.5 Å². The monoisotopic (exact) mass is 883 g/mol. The van der Waals surface area contributed by atoms with Gasteiger partial charge in [-0.3, -0.25) is 29.3 Å². The third kappa shape index (κ3) is 10.2. The molecular formula is C50H61N9O6. The number of benzene rings is 2. The van der Waals surface area contributed by atoms with Crippen LogP contribution in [0.4, 0.5) is 11.5 Å². The Morgan fingerprint density at radius 3 is 2.43 bits per heavy atom. The summed E-state index contributed by atoms with van der Waals surface area (Å²) in [5.41, 5.74) is 13.0. The van der Waals surface area contributed by atoms with Gasteiger partial charge in [-0.1, -0.05) is 62.8 Å². The van der Waals surface area contributed by atoms with Gasteiger partial charge in [-0.25, -0.2) is 9.50 Å². The number of fused-ring (bicyclic) bond motifs is 2. The predicted molar refractivity (Wildman–Crippen MR) is 247 cm³/mol. The van der Waals surface area contributed by atoms with Crippen molar-refractivity contribution in [2.75, 3.05) is 50.9 Å². The number of piperidine rings is 3. The van der Waals surface area contributed by atoms with Crippen LogP contribution in [0.5, 0.6) is 0 Å². The highest BCUT2D eigenvalue weighted by Crippen LogP contribution is 2.35. The van der Waals surface area contributed by atoms with Gasteiger partial charge < -0.3 is 30.5 Å². The Morgan fingerprint density at radius 2 is 1.71 bits per heavy atom. The SMILES string of the molecule is COCc1ccc(NC(=O)c2c(C#CC3CCN(C(=O)CCCCCCN4CCC(c5ccc6c(c5)C(=O)N(C5CCC(=O)NC5=O)C6)CC4)CC3)c(C(C)C)n3ncnc(N)c23)cc1. The summed E-state index contributed by atoms with van der Waals surface area (Å²) in [5, 5.41) is 9.88. The minimum atomic E-state index is -0.595. The number of likely N-dealkylation sites (tertiary alicyclic amines) is 2. The largest absolute Gasteiger partial charge is 0.382 e. The van der Waals surface area contributed by atoms with Crippen molar-refractivity contribution in [2.24, 2.45) is 5.92 Å². The molecule has 65 heavy (non-hydrogen) atoms.